The standard InChI is InChI=1S/C24H30F3N5O/c1-14-8-18(14)19-10-22(31-6-7-32-13-29-11-17(32)12-31)20(9-21(19)28)23(33)30-16-4-2-15(3-5-16)24(25,26)27/h9-11,13-16,18H,2-8,12,28H2,1H3,(H,30,33). The fourth-order valence-electron chi connectivity index (χ4n) is 5.36. The van der Waals surface area contributed by atoms with Gasteiger partial charge in [-0.2, -0.15) is 13.2 Å². The summed E-state index contributed by atoms with van der Waals surface area (Å²) in [6.45, 7) is 4.35. The van der Waals surface area contributed by atoms with Gasteiger partial charge in [-0.25, -0.2) is 4.98 Å². The summed E-state index contributed by atoms with van der Waals surface area (Å²) in [6, 6.07) is 3.57. The van der Waals surface area contributed by atoms with E-state index in [1.165, 1.54) is 0 Å². The van der Waals surface area contributed by atoms with Gasteiger partial charge in [0, 0.05) is 31.0 Å². The molecule has 2 unspecified atom stereocenters. The quantitative estimate of drug-likeness (QED) is 0.660. The number of halogens is 3. The Hall–Kier alpha value is -2.71. The lowest BCUT2D eigenvalue weighted by atomic mass is 9.85. The van der Waals surface area contributed by atoms with Gasteiger partial charge in [0.1, 0.15) is 0 Å². The summed E-state index contributed by atoms with van der Waals surface area (Å²) in [4.78, 5) is 19.7. The number of nitrogens with zero attached hydrogens (tertiary/aromatic N) is 3. The minimum atomic E-state index is -4.16. The summed E-state index contributed by atoms with van der Waals surface area (Å²) < 4.78 is 41.1. The first kappa shape index (κ1) is 22.1. The van der Waals surface area contributed by atoms with Gasteiger partial charge in [-0.3, -0.25) is 4.79 Å². The number of fused-ring (bicyclic) bond motifs is 1. The SMILES string of the molecule is CC1CC1c1cc(N2CCn3cncc3C2)c(C(=O)NC2CCC(C(F)(F)F)CC2)cc1N. The van der Waals surface area contributed by atoms with Gasteiger partial charge in [-0.1, -0.05) is 6.92 Å². The number of rotatable bonds is 4. The first-order chi connectivity index (χ1) is 15.7. The number of nitrogens with two attached hydrogens (primary N) is 1. The molecule has 1 aliphatic heterocycles. The number of carbonyl (C=O) groups excluding carboxylic acids is 1. The van der Waals surface area contributed by atoms with Gasteiger partial charge in [0.05, 0.1) is 35.7 Å². The molecule has 1 aromatic carbocycles. The molecule has 2 heterocycles. The lowest BCUT2D eigenvalue weighted by Gasteiger charge is -2.33. The number of nitrogens with one attached hydrogen (secondary N) is 1. The van der Waals surface area contributed by atoms with Crippen molar-refractivity contribution < 1.29 is 18.0 Å². The van der Waals surface area contributed by atoms with Gasteiger partial charge in [-0.15, -0.1) is 0 Å². The number of benzene rings is 1. The summed E-state index contributed by atoms with van der Waals surface area (Å²) in [5, 5.41) is 3.00. The van der Waals surface area contributed by atoms with Crippen molar-refractivity contribution in [2.75, 3.05) is 17.2 Å². The Morgan fingerprint density at radius 3 is 2.58 bits per heavy atom. The maximum absolute atomic E-state index is 13.3. The Morgan fingerprint density at radius 1 is 1.18 bits per heavy atom. The second kappa shape index (κ2) is 8.25. The zero-order valence-corrected chi connectivity index (χ0v) is 18.7. The number of hydrogen-bond acceptors (Lipinski definition) is 4. The predicted molar refractivity (Wildman–Crippen MR) is 120 cm³/mol. The highest BCUT2D eigenvalue weighted by molar-refractivity contribution is 6.01. The molecule has 1 aromatic heterocycles. The molecule has 1 amide bonds. The van der Waals surface area contributed by atoms with Crippen LogP contribution in [0, 0.1) is 11.8 Å². The molecule has 2 aromatic rings. The summed E-state index contributed by atoms with van der Waals surface area (Å²) >= 11 is 0. The Morgan fingerprint density at radius 2 is 1.91 bits per heavy atom. The number of anilines is 2. The molecular weight excluding hydrogens is 431 g/mol. The number of carbonyl (C=O) groups is 1. The second-order valence-electron chi connectivity index (χ2n) is 9.88. The normalized spacial score (nSPS) is 27.2. The topological polar surface area (TPSA) is 76.2 Å². The number of imidazole rings is 1. The van der Waals surface area contributed by atoms with Gasteiger partial charge < -0.3 is 20.5 Å². The zero-order valence-electron chi connectivity index (χ0n) is 18.7. The fraction of sp³-hybridized carbons (Fsp3) is 0.583. The first-order valence-electron chi connectivity index (χ1n) is 11.8. The molecule has 0 radical (unpaired) electrons. The lowest BCUT2D eigenvalue weighted by Crippen LogP contribution is -2.41. The van der Waals surface area contributed by atoms with Crippen LogP contribution in [0.5, 0.6) is 0 Å². The molecule has 5 rings (SSSR count). The molecule has 0 spiro atoms. The van der Waals surface area contributed by atoms with Crippen LogP contribution in [0.4, 0.5) is 24.5 Å². The van der Waals surface area contributed by atoms with Crippen LogP contribution in [0.1, 0.15) is 66.6 Å². The monoisotopic (exact) mass is 461 g/mol. The minimum Gasteiger partial charge on any atom is -0.398 e. The van der Waals surface area contributed by atoms with E-state index < -0.39 is 12.1 Å². The van der Waals surface area contributed by atoms with Crippen molar-refractivity contribution >= 4 is 17.3 Å². The molecule has 6 nitrogen and oxygen atoms in total. The van der Waals surface area contributed by atoms with Crippen LogP contribution in [0.15, 0.2) is 24.7 Å². The summed E-state index contributed by atoms with van der Waals surface area (Å²) in [6.07, 6.45) is 1.36. The third-order valence-electron chi connectivity index (χ3n) is 7.58. The van der Waals surface area contributed by atoms with Crippen molar-refractivity contribution in [3.8, 4) is 0 Å². The molecule has 9 heteroatoms. The highest BCUT2D eigenvalue weighted by atomic mass is 19.4. The van der Waals surface area contributed by atoms with E-state index in [-0.39, 0.29) is 24.8 Å². The Balaban J connectivity index is 1.38. The van der Waals surface area contributed by atoms with Crippen molar-refractivity contribution in [3.05, 3.63) is 41.5 Å². The Labute approximate surface area is 191 Å². The highest BCUT2D eigenvalue weighted by Gasteiger charge is 2.42. The highest BCUT2D eigenvalue weighted by Crippen LogP contribution is 2.50. The van der Waals surface area contributed by atoms with E-state index >= 15 is 0 Å². The van der Waals surface area contributed by atoms with Gasteiger partial charge in [-0.05, 0) is 61.6 Å². The molecule has 2 saturated carbocycles. The second-order valence-corrected chi connectivity index (χ2v) is 9.88. The molecule has 2 aliphatic carbocycles. The zero-order chi connectivity index (χ0) is 23.3. The summed E-state index contributed by atoms with van der Waals surface area (Å²) in [7, 11) is 0. The maximum atomic E-state index is 13.3. The maximum Gasteiger partial charge on any atom is 0.391 e. The number of alkyl halides is 3. The van der Waals surface area contributed by atoms with Crippen molar-refractivity contribution in [2.24, 2.45) is 11.8 Å². The van der Waals surface area contributed by atoms with E-state index in [2.05, 4.69) is 32.8 Å². The van der Waals surface area contributed by atoms with Crippen LogP contribution in [0.2, 0.25) is 0 Å². The average Bonchev–Trinajstić information content (AvgIpc) is 3.30. The molecule has 0 bridgehead atoms. The van der Waals surface area contributed by atoms with Gasteiger partial charge in [0.15, 0.2) is 0 Å². The molecule has 178 valence electrons. The van der Waals surface area contributed by atoms with Crippen LogP contribution < -0.4 is 16.0 Å². The molecule has 3 aliphatic rings. The number of amides is 1. The van der Waals surface area contributed by atoms with E-state index in [0.717, 1.165) is 36.5 Å². The van der Waals surface area contributed by atoms with Crippen LogP contribution in [-0.2, 0) is 13.1 Å². The minimum absolute atomic E-state index is 0.0536. The largest absolute Gasteiger partial charge is 0.398 e. The predicted octanol–water partition coefficient (Wildman–Crippen LogP) is 4.46. The number of hydrogen-bond donors (Lipinski definition) is 2. The van der Waals surface area contributed by atoms with E-state index in [9.17, 15) is 18.0 Å². The molecular formula is C24H30F3N5O. The van der Waals surface area contributed by atoms with Crippen LogP contribution >= 0.6 is 0 Å². The lowest BCUT2D eigenvalue weighted by molar-refractivity contribution is -0.182. The third kappa shape index (κ3) is 4.42. The third-order valence-corrected chi connectivity index (χ3v) is 7.58. The van der Waals surface area contributed by atoms with Crippen LogP contribution in [0.25, 0.3) is 0 Å². The van der Waals surface area contributed by atoms with Crippen LogP contribution in [0.3, 0.4) is 0 Å². The Bertz CT molecular complexity index is 1040. The fourth-order valence-corrected chi connectivity index (χ4v) is 5.36. The van der Waals surface area contributed by atoms with E-state index in [1.54, 1.807) is 6.07 Å². The molecule has 0 saturated heterocycles. The van der Waals surface area contributed by atoms with Crippen molar-refractivity contribution in [1.82, 2.24) is 14.9 Å². The summed E-state index contributed by atoms with van der Waals surface area (Å²) in [5.41, 5.74) is 10.5. The number of nitrogen functional groups attached to an aromatic ring is 1. The molecule has 33 heavy (non-hydrogen) atoms. The van der Waals surface area contributed by atoms with Gasteiger partial charge >= 0.3 is 6.18 Å². The van der Waals surface area contributed by atoms with E-state index in [1.807, 2.05) is 12.5 Å². The molecule has 2 atom stereocenters. The molecule has 3 N–H and O–H groups in total. The average molecular weight is 462 g/mol. The number of aromatic nitrogens is 2. The Kier molecular flexibility index (Phi) is 5.53. The van der Waals surface area contributed by atoms with Crippen molar-refractivity contribution in [2.45, 2.75) is 70.3 Å². The first-order valence-corrected chi connectivity index (χ1v) is 11.8. The van der Waals surface area contributed by atoms with E-state index in [4.69, 9.17) is 5.73 Å². The van der Waals surface area contributed by atoms with Crippen molar-refractivity contribution in [3.63, 3.8) is 0 Å². The van der Waals surface area contributed by atoms with Gasteiger partial charge in [0.25, 0.3) is 5.91 Å². The van der Waals surface area contributed by atoms with Crippen LogP contribution in [-0.4, -0.2) is 34.2 Å². The van der Waals surface area contributed by atoms with Crippen molar-refractivity contribution in [1.29, 1.82) is 0 Å². The molecule has 2 fully saturated rings. The van der Waals surface area contributed by atoms with E-state index in [0.29, 0.717) is 42.5 Å². The van der Waals surface area contributed by atoms with Gasteiger partial charge in [0.2, 0.25) is 0 Å². The summed E-state index contributed by atoms with van der Waals surface area (Å²) in [5.74, 6) is -0.545. The smallest absolute Gasteiger partial charge is 0.391 e.